The van der Waals surface area contributed by atoms with Gasteiger partial charge in [0, 0.05) is 38.2 Å². The Labute approximate surface area is 198 Å². The van der Waals surface area contributed by atoms with E-state index in [-0.39, 0.29) is 42.0 Å². The number of hydrogen-bond donors (Lipinski definition) is 1. The minimum atomic E-state index is -0.491. The van der Waals surface area contributed by atoms with Gasteiger partial charge in [-0.2, -0.15) is 0 Å². The van der Waals surface area contributed by atoms with Crippen LogP contribution >= 0.6 is 0 Å². The average molecular weight is 470 g/mol. The standard InChI is InChI=1S/C25H43NO7/c1-19(2)23(29)33-15-14-32-22(28)9-10-25(5)17-20(16-24(3,4)18-25)26-21(27)8-7-11-31-13-12-30-6/h20H,1,7-18H2,2-6H3,(H,26,27). The molecule has 0 aliphatic heterocycles. The maximum absolute atomic E-state index is 12.4. The van der Waals surface area contributed by atoms with Gasteiger partial charge in [0.2, 0.25) is 5.91 Å². The number of methoxy groups -OCH3 is 1. The van der Waals surface area contributed by atoms with E-state index in [2.05, 4.69) is 32.7 Å². The van der Waals surface area contributed by atoms with Crippen molar-refractivity contribution in [2.75, 3.05) is 40.1 Å². The number of nitrogens with one attached hydrogen (secondary N) is 1. The molecule has 190 valence electrons. The van der Waals surface area contributed by atoms with Gasteiger partial charge < -0.3 is 24.3 Å². The molecule has 8 nitrogen and oxygen atoms in total. The number of hydrogen-bond acceptors (Lipinski definition) is 7. The average Bonchev–Trinajstić information content (AvgIpc) is 2.70. The minimum Gasteiger partial charge on any atom is -0.462 e. The molecular weight excluding hydrogens is 426 g/mol. The fourth-order valence-electron chi connectivity index (χ4n) is 4.69. The molecule has 1 amide bonds. The number of carbonyl (C=O) groups is 3. The fraction of sp³-hybridized carbons (Fsp3) is 0.800. The van der Waals surface area contributed by atoms with Crippen molar-refractivity contribution in [3.63, 3.8) is 0 Å². The molecule has 0 heterocycles. The lowest BCUT2D eigenvalue weighted by atomic mass is 9.61. The maximum Gasteiger partial charge on any atom is 0.333 e. The van der Waals surface area contributed by atoms with Crippen LogP contribution in [0.2, 0.25) is 0 Å². The van der Waals surface area contributed by atoms with Gasteiger partial charge in [-0.3, -0.25) is 9.59 Å². The molecule has 0 aromatic carbocycles. The highest BCUT2D eigenvalue weighted by Gasteiger charge is 2.41. The zero-order valence-corrected chi connectivity index (χ0v) is 21.1. The van der Waals surface area contributed by atoms with Crippen molar-refractivity contribution in [1.29, 1.82) is 0 Å². The molecule has 2 unspecified atom stereocenters. The predicted octanol–water partition coefficient (Wildman–Crippen LogP) is 3.57. The molecular formula is C25H43NO7. The van der Waals surface area contributed by atoms with Crippen LogP contribution in [0.5, 0.6) is 0 Å². The third kappa shape index (κ3) is 12.8. The molecule has 0 aromatic rings. The quantitative estimate of drug-likeness (QED) is 0.222. The van der Waals surface area contributed by atoms with Crippen LogP contribution in [0, 0.1) is 10.8 Å². The topological polar surface area (TPSA) is 100 Å². The monoisotopic (exact) mass is 469 g/mol. The number of esters is 2. The molecule has 1 rings (SSSR count). The van der Waals surface area contributed by atoms with Crippen LogP contribution in [0.4, 0.5) is 0 Å². The molecule has 0 spiro atoms. The largest absolute Gasteiger partial charge is 0.462 e. The summed E-state index contributed by atoms with van der Waals surface area (Å²) in [4.78, 5) is 35.9. The molecule has 1 saturated carbocycles. The maximum atomic E-state index is 12.4. The summed E-state index contributed by atoms with van der Waals surface area (Å²) in [6.45, 7) is 13.4. The summed E-state index contributed by atoms with van der Waals surface area (Å²) >= 11 is 0. The van der Waals surface area contributed by atoms with Crippen molar-refractivity contribution in [3.05, 3.63) is 12.2 Å². The van der Waals surface area contributed by atoms with E-state index in [0.29, 0.717) is 51.1 Å². The molecule has 0 saturated heterocycles. The third-order valence-electron chi connectivity index (χ3n) is 5.79. The molecule has 8 heteroatoms. The lowest BCUT2D eigenvalue weighted by Gasteiger charge is -2.47. The Morgan fingerprint density at radius 1 is 0.970 bits per heavy atom. The normalized spacial score (nSPS) is 21.8. The fourth-order valence-corrected chi connectivity index (χ4v) is 4.69. The first kappa shape index (κ1) is 29.1. The van der Waals surface area contributed by atoms with E-state index in [1.165, 1.54) is 0 Å². The Morgan fingerprint density at radius 3 is 2.33 bits per heavy atom. The summed E-state index contributed by atoms with van der Waals surface area (Å²) in [6, 6.07) is 0.0817. The molecule has 33 heavy (non-hydrogen) atoms. The highest BCUT2D eigenvalue weighted by Crippen LogP contribution is 2.48. The smallest absolute Gasteiger partial charge is 0.333 e. The van der Waals surface area contributed by atoms with E-state index in [0.717, 1.165) is 19.3 Å². The summed E-state index contributed by atoms with van der Waals surface area (Å²) in [5.74, 6) is -0.756. The lowest BCUT2D eigenvalue weighted by Crippen LogP contribution is -2.47. The third-order valence-corrected chi connectivity index (χ3v) is 5.79. The summed E-state index contributed by atoms with van der Waals surface area (Å²) in [6.07, 6.45) is 4.80. The zero-order chi connectivity index (χ0) is 24.9. The van der Waals surface area contributed by atoms with E-state index in [4.69, 9.17) is 18.9 Å². The Kier molecular flexibility index (Phi) is 12.7. The Balaban J connectivity index is 2.41. The van der Waals surface area contributed by atoms with Gasteiger partial charge in [-0.1, -0.05) is 27.4 Å². The summed E-state index contributed by atoms with van der Waals surface area (Å²) in [5, 5.41) is 3.19. The summed E-state index contributed by atoms with van der Waals surface area (Å²) < 4.78 is 20.5. The molecule has 1 aliphatic rings. The molecule has 1 fully saturated rings. The van der Waals surface area contributed by atoms with Crippen LogP contribution in [0.3, 0.4) is 0 Å². The summed E-state index contributed by atoms with van der Waals surface area (Å²) in [7, 11) is 1.63. The van der Waals surface area contributed by atoms with Crippen LogP contribution in [0.1, 0.15) is 72.6 Å². The van der Waals surface area contributed by atoms with Gasteiger partial charge >= 0.3 is 11.9 Å². The van der Waals surface area contributed by atoms with Gasteiger partial charge in [0.1, 0.15) is 13.2 Å². The van der Waals surface area contributed by atoms with Gasteiger partial charge in [-0.05, 0) is 49.9 Å². The molecule has 1 N–H and O–H groups in total. The first-order valence-corrected chi connectivity index (χ1v) is 11.8. The molecule has 0 aromatic heterocycles. The highest BCUT2D eigenvalue weighted by atomic mass is 16.6. The van der Waals surface area contributed by atoms with Gasteiger partial charge in [-0.25, -0.2) is 4.79 Å². The molecule has 0 bridgehead atoms. The van der Waals surface area contributed by atoms with Crippen molar-refractivity contribution in [3.8, 4) is 0 Å². The van der Waals surface area contributed by atoms with Crippen LogP contribution in [-0.4, -0.2) is 64.0 Å². The number of rotatable bonds is 15. The molecule has 1 aliphatic carbocycles. The highest BCUT2D eigenvalue weighted by molar-refractivity contribution is 5.86. The second-order valence-electron chi connectivity index (χ2n) is 10.2. The Hall–Kier alpha value is -1.93. The molecule has 2 atom stereocenters. The predicted molar refractivity (Wildman–Crippen MR) is 126 cm³/mol. The van der Waals surface area contributed by atoms with Crippen LogP contribution in [-0.2, 0) is 33.3 Å². The lowest BCUT2D eigenvalue weighted by molar-refractivity contribution is -0.150. The SMILES string of the molecule is C=C(C)C(=O)OCCOC(=O)CCC1(C)CC(NC(=O)CCCOCCOC)CC(C)(C)C1. The van der Waals surface area contributed by atoms with Crippen molar-refractivity contribution < 1.29 is 33.3 Å². The zero-order valence-electron chi connectivity index (χ0n) is 21.1. The summed E-state index contributed by atoms with van der Waals surface area (Å²) in [5.41, 5.74) is 0.301. The van der Waals surface area contributed by atoms with E-state index < -0.39 is 5.97 Å². The second-order valence-corrected chi connectivity index (χ2v) is 10.2. The first-order chi connectivity index (χ1) is 15.5. The van der Waals surface area contributed by atoms with Gasteiger partial charge in [-0.15, -0.1) is 0 Å². The van der Waals surface area contributed by atoms with Crippen LogP contribution < -0.4 is 5.32 Å². The van der Waals surface area contributed by atoms with Crippen LogP contribution in [0.25, 0.3) is 0 Å². The first-order valence-electron chi connectivity index (χ1n) is 11.8. The van der Waals surface area contributed by atoms with Crippen molar-refractivity contribution in [1.82, 2.24) is 5.32 Å². The number of carbonyl (C=O) groups excluding carboxylic acids is 3. The molecule has 0 radical (unpaired) electrons. The Bertz CT molecular complexity index is 661. The minimum absolute atomic E-state index is 0.0211. The van der Waals surface area contributed by atoms with Gasteiger partial charge in [0.25, 0.3) is 0 Å². The van der Waals surface area contributed by atoms with Crippen molar-refractivity contribution >= 4 is 17.8 Å². The van der Waals surface area contributed by atoms with E-state index in [9.17, 15) is 14.4 Å². The second kappa shape index (κ2) is 14.4. The Morgan fingerprint density at radius 2 is 1.67 bits per heavy atom. The van der Waals surface area contributed by atoms with Crippen LogP contribution in [0.15, 0.2) is 12.2 Å². The van der Waals surface area contributed by atoms with E-state index in [1.807, 2.05) is 0 Å². The van der Waals surface area contributed by atoms with Crippen molar-refractivity contribution in [2.45, 2.75) is 78.7 Å². The van der Waals surface area contributed by atoms with Gasteiger partial charge in [0.15, 0.2) is 0 Å². The number of ether oxygens (including phenoxy) is 4. The van der Waals surface area contributed by atoms with Gasteiger partial charge in [0.05, 0.1) is 13.2 Å². The van der Waals surface area contributed by atoms with Crippen molar-refractivity contribution in [2.24, 2.45) is 10.8 Å². The number of amides is 1. The van der Waals surface area contributed by atoms with E-state index in [1.54, 1.807) is 14.0 Å². The van der Waals surface area contributed by atoms with E-state index >= 15 is 0 Å².